The van der Waals surface area contributed by atoms with E-state index in [-0.39, 0.29) is 11.8 Å². The van der Waals surface area contributed by atoms with Crippen LogP contribution in [0.1, 0.15) is 19.4 Å². The maximum atomic E-state index is 13.0. The van der Waals surface area contributed by atoms with Gasteiger partial charge in [0.15, 0.2) is 0 Å². The van der Waals surface area contributed by atoms with Crippen molar-refractivity contribution in [3.05, 3.63) is 52.7 Å². The highest BCUT2D eigenvalue weighted by atomic mass is 32.1. The van der Waals surface area contributed by atoms with Crippen LogP contribution in [0.2, 0.25) is 0 Å². The Morgan fingerprint density at radius 1 is 1.19 bits per heavy atom. The standard InChI is InChI=1S/C16H16N2O2S/c1-11-14(19)17-16(2,12-6-4-3-5-7-12)15(20)18(11)13-8-9-21-10-13/h3-11H,1-2H3,(H,17,19). The van der Waals surface area contributed by atoms with Gasteiger partial charge >= 0.3 is 0 Å². The van der Waals surface area contributed by atoms with Gasteiger partial charge in [0.05, 0.1) is 5.69 Å². The zero-order valence-corrected chi connectivity index (χ0v) is 12.7. The lowest BCUT2D eigenvalue weighted by Crippen LogP contribution is -2.67. The molecule has 4 nitrogen and oxygen atoms in total. The minimum absolute atomic E-state index is 0.112. The van der Waals surface area contributed by atoms with Gasteiger partial charge in [-0.15, -0.1) is 0 Å². The molecular formula is C16H16N2O2S. The number of benzene rings is 1. The molecule has 2 aromatic rings. The summed E-state index contributed by atoms with van der Waals surface area (Å²) in [6, 6.07) is 10.7. The Morgan fingerprint density at radius 2 is 1.90 bits per heavy atom. The molecule has 1 N–H and O–H groups in total. The average Bonchev–Trinajstić information content (AvgIpc) is 3.00. The van der Waals surface area contributed by atoms with Crippen LogP contribution in [-0.4, -0.2) is 17.9 Å². The minimum Gasteiger partial charge on any atom is -0.336 e. The first-order valence-corrected chi connectivity index (χ1v) is 7.72. The smallest absolute Gasteiger partial charge is 0.257 e. The minimum atomic E-state index is -1.03. The molecule has 0 aliphatic carbocycles. The molecule has 3 rings (SSSR count). The lowest BCUT2D eigenvalue weighted by Gasteiger charge is -2.43. The van der Waals surface area contributed by atoms with Crippen LogP contribution in [0.15, 0.2) is 47.2 Å². The average molecular weight is 300 g/mol. The van der Waals surface area contributed by atoms with Crippen LogP contribution in [0, 0.1) is 0 Å². The molecule has 1 aliphatic rings. The van der Waals surface area contributed by atoms with Gasteiger partial charge in [0.2, 0.25) is 5.91 Å². The molecule has 21 heavy (non-hydrogen) atoms. The molecule has 2 unspecified atom stereocenters. The van der Waals surface area contributed by atoms with Crippen molar-refractivity contribution in [1.29, 1.82) is 0 Å². The number of thiophene rings is 1. The third-order valence-electron chi connectivity index (χ3n) is 3.92. The van der Waals surface area contributed by atoms with E-state index in [0.29, 0.717) is 0 Å². The van der Waals surface area contributed by atoms with Gasteiger partial charge in [-0.2, -0.15) is 11.3 Å². The van der Waals surface area contributed by atoms with Crippen LogP contribution in [0.4, 0.5) is 5.69 Å². The summed E-state index contributed by atoms with van der Waals surface area (Å²) in [6.45, 7) is 3.50. The van der Waals surface area contributed by atoms with E-state index >= 15 is 0 Å². The Morgan fingerprint density at radius 3 is 2.52 bits per heavy atom. The SMILES string of the molecule is CC1C(=O)NC(C)(c2ccccc2)C(=O)N1c1ccsc1. The second kappa shape index (κ2) is 5.00. The Kier molecular flexibility index (Phi) is 3.29. The van der Waals surface area contributed by atoms with E-state index < -0.39 is 11.6 Å². The van der Waals surface area contributed by atoms with Crippen LogP contribution >= 0.6 is 11.3 Å². The van der Waals surface area contributed by atoms with E-state index in [9.17, 15) is 9.59 Å². The Bertz CT molecular complexity index is 669. The van der Waals surface area contributed by atoms with Crippen molar-refractivity contribution in [3.63, 3.8) is 0 Å². The van der Waals surface area contributed by atoms with Gasteiger partial charge in [-0.1, -0.05) is 30.3 Å². The molecule has 1 aromatic heterocycles. The maximum Gasteiger partial charge on any atom is 0.257 e. The number of nitrogens with one attached hydrogen (secondary N) is 1. The second-order valence-corrected chi connectivity index (χ2v) is 6.09. The highest BCUT2D eigenvalue weighted by Gasteiger charge is 2.48. The Hall–Kier alpha value is -2.14. The monoisotopic (exact) mass is 300 g/mol. The number of nitrogens with zero attached hydrogens (tertiary/aromatic N) is 1. The summed E-state index contributed by atoms with van der Waals surface area (Å²) in [5.74, 6) is -0.258. The lowest BCUT2D eigenvalue weighted by atomic mass is 9.87. The first-order chi connectivity index (χ1) is 10.0. The molecule has 1 saturated heterocycles. The van der Waals surface area contributed by atoms with Crippen molar-refractivity contribution in [2.45, 2.75) is 25.4 Å². The summed E-state index contributed by atoms with van der Waals surface area (Å²) < 4.78 is 0. The summed E-state index contributed by atoms with van der Waals surface area (Å²) in [7, 11) is 0. The molecule has 2 atom stereocenters. The summed E-state index contributed by atoms with van der Waals surface area (Å²) in [6.07, 6.45) is 0. The van der Waals surface area contributed by atoms with Crippen molar-refractivity contribution in [2.24, 2.45) is 0 Å². The van der Waals surface area contributed by atoms with Crippen LogP contribution in [-0.2, 0) is 15.1 Å². The topological polar surface area (TPSA) is 49.4 Å². The van der Waals surface area contributed by atoms with Crippen molar-refractivity contribution in [1.82, 2.24) is 5.32 Å². The predicted molar refractivity (Wildman–Crippen MR) is 83.2 cm³/mol. The third kappa shape index (κ3) is 2.14. The molecule has 0 saturated carbocycles. The van der Waals surface area contributed by atoms with Crippen molar-refractivity contribution in [2.75, 3.05) is 4.90 Å². The van der Waals surface area contributed by atoms with E-state index in [0.717, 1.165) is 11.3 Å². The van der Waals surface area contributed by atoms with Gasteiger partial charge in [0.25, 0.3) is 5.91 Å². The zero-order valence-electron chi connectivity index (χ0n) is 11.9. The number of hydrogen-bond donors (Lipinski definition) is 1. The highest BCUT2D eigenvalue weighted by molar-refractivity contribution is 7.08. The van der Waals surface area contributed by atoms with Gasteiger partial charge in [-0.25, -0.2) is 0 Å². The second-order valence-electron chi connectivity index (χ2n) is 5.31. The number of amides is 2. The summed E-state index contributed by atoms with van der Waals surface area (Å²) in [5, 5.41) is 6.67. The van der Waals surface area contributed by atoms with Gasteiger partial charge < -0.3 is 5.32 Å². The third-order valence-corrected chi connectivity index (χ3v) is 4.59. The van der Waals surface area contributed by atoms with Crippen LogP contribution < -0.4 is 10.2 Å². The maximum absolute atomic E-state index is 13.0. The summed E-state index contributed by atoms with van der Waals surface area (Å²) >= 11 is 1.51. The molecular weight excluding hydrogens is 284 g/mol. The van der Waals surface area contributed by atoms with Crippen LogP contribution in [0.3, 0.4) is 0 Å². The van der Waals surface area contributed by atoms with Crippen molar-refractivity contribution in [3.8, 4) is 0 Å². The fourth-order valence-corrected chi connectivity index (χ4v) is 3.27. The van der Waals surface area contributed by atoms with E-state index in [4.69, 9.17) is 0 Å². The molecule has 108 valence electrons. The zero-order chi connectivity index (χ0) is 15.0. The molecule has 1 aliphatic heterocycles. The number of rotatable bonds is 2. The quantitative estimate of drug-likeness (QED) is 0.926. The Labute approximate surface area is 127 Å². The molecule has 2 heterocycles. The summed E-state index contributed by atoms with van der Waals surface area (Å²) in [4.78, 5) is 26.9. The lowest BCUT2D eigenvalue weighted by molar-refractivity contribution is -0.137. The first-order valence-electron chi connectivity index (χ1n) is 6.77. The molecule has 5 heteroatoms. The van der Waals surface area contributed by atoms with E-state index in [2.05, 4.69) is 5.32 Å². The van der Waals surface area contributed by atoms with Gasteiger partial charge in [-0.05, 0) is 30.9 Å². The normalized spacial score (nSPS) is 25.8. The molecule has 0 spiro atoms. The molecule has 0 radical (unpaired) electrons. The van der Waals surface area contributed by atoms with Crippen LogP contribution in [0.5, 0.6) is 0 Å². The largest absolute Gasteiger partial charge is 0.336 e. The van der Waals surface area contributed by atoms with E-state index in [1.807, 2.05) is 47.2 Å². The van der Waals surface area contributed by atoms with Gasteiger partial charge in [-0.3, -0.25) is 14.5 Å². The Balaban J connectivity index is 2.08. The predicted octanol–water partition coefficient (Wildman–Crippen LogP) is 2.51. The molecule has 0 bridgehead atoms. The fourth-order valence-electron chi connectivity index (χ4n) is 2.64. The molecule has 1 fully saturated rings. The van der Waals surface area contributed by atoms with E-state index in [1.54, 1.807) is 18.7 Å². The molecule has 2 amide bonds. The number of anilines is 1. The van der Waals surface area contributed by atoms with Gasteiger partial charge in [0, 0.05) is 5.38 Å². The van der Waals surface area contributed by atoms with Crippen LogP contribution in [0.25, 0.3) is 0 Å². The van der Waals surface area contributed by atoms with Gasteiger partial charge in [0.1, 0.15) is 11.6 Å². The first kappa shape index (κ1) is 13.8. The molecule has 1 aromatic carbocycles. The number of hydrogen-bond acceptors (Lipinski definition) is 3. The van der Waals surface area contributed by atoms with Crippen molar-refractivity contribution < 1.29 is 9.59 Å². The number of piperazine rings is 1. The van der Waals surface area contributed by atoms with E-state index in [1.165, 1.54) is 11.3 Å². The number of carbonyl (C=O) groups is 2. The fraction of sp³-hybridized carbons (Fsp3) is 0.250. The highest BCUT2D eigenvalue weighted by Crippen LogP contribution is 2.32. The van der Waals surface area contributed by atoms with Crippen molar-refractivity contribution >= 4 is 28.8 Å². The summed E-state index contributed by atoms with van der Waals surface area (Å²) in [5.41, 5.74) is 0.525. The number of carbonyl (C=O) groups excluding carboxylic acids is 2.